The first-order chi connectivity index (χ1) is 20.9. The number of methoxy groups -OCH3 is 1. The standard InChI is InChI=1S/C33H32FN5O4/c1-22-31(33(41)39(24-8-4-3-5-9-24)38(22)19-18-37-16-6-7-17-37)32(40)36-23-10-13-30(27(34)20-23)43-29-14-15-35-28-21-25(42-2)11-12-26(28)29/h3-5,8-15,20-21H,6-7,16-19H2,1-2H3,(H,36,40). The molecular weight excluding hydrogens is 549 g/mol. The molecule has 2 aromatic heterocycles. The van der Waals surface area contributed by atoms with Crippen LogP contribution in [0.15, 0.2) is 83.8 Å². The number of hydrogen-bond donors (Lipinski definition) is 1. The van der Waals surface area contributed by atoms with Crippen LogP contribution >= 0.6 is 0 Å². The van der Waals surface area contributed by atoms with Gasteiger partial charge in [-0.15, -0.1) is 0 Å². The first kappa shape index (κ1) is 28.2. The normalized spacial score (nSPS) is 13.4. The number of halogens is 1. The summed E-state index contributed by atoms with van der Waals surface area (Å²) in [5.41, 5.74) is 1.66. The van der Waals surface area contributed by atoms with Gasteiger partial charge in [-0.3, -0.25) is 19.3 Å². The number of amides is 1. The number of carbonyl (C=O) groups is 1. The van der Waals surface area contributed by atoms with E-state index in [2.05, 4.69) is 15.2 Å². The minimum atomic E-state index is -0.669. The van der Waals surface area contributed by atoms with Crippen LogP contribution < -0.4 is 20.3 Å². The molecule has 1 fully saturated rings. The molecule has 1 N–H and O–H groups in total. The molecule has 0 unspecified atom stereocenters. The van der Waals surface area contributed by atoms with Gasteiger partial charge in [0.25, 0.3) is 11.5 Å². The summed E-state index contributed by atoms with van der Waals surface area (Å²) in [4.78, 5) is 33.8. The number of hydrogen-bond acceptors (Lipinski definition) is 6. The Morgan fingerprint density at radius 2 is 1.77 bits per heavy atom. The van der Waals surface area contributed by atoms with Crippen LogP contribution in [0.3, 0.4) is 0 Å². The van der Waals surface area contributed by atoms with E-state index < -0.39 is 17.3 Å². The van der Waals surface area contributed by atoms with E-state index in [1.807, 2.05) is 35.0 Å². The molecule has 1 saturated heterocycles. The van der Waals surface area contributed by atoms with Crippen molar-refractivity contribution in [1.82, 2.24) is 19.2 Å². The van der Waals surface area contributed by atoms with Gasteiger partial charge in [-0.1, -0.05) is 18.2 Å². The van der Waals surface area contributed by atoms with Gasteiger partial charge < -0.3 is 19.7 Å². The monoisotopic (exact) mass is 581 g/mol. The van der Waals surface area contributed by atoms with Crippen LogP contribution in [0.2, 0.25) is 0 Å². The Balaban J connectivity index is 1.25. The molecule has 3 aromatic carbocycles. The molecule has 1 aliphatic rings. The number of carbonyl (C=O) groups excluding carboxylic acids is 1. The molecule has 5 aromatic rings. The van der Waals surface area contributed by atoms with E-state index in [0.29, 0.717) is 40.3 Å². The lowest BCUT2D eigenvalue weighted by Crippen LogP contribution is -2.29. The molecule has 43 heavy (non-hydrogen) atoms. The van der Waals surface area contributed by atoms with Crippen LogP contribution in [0.1, 0.15) is 28.9 Å². The number of para-hydroxylation sites is 1. The Labute approximate surface area is 248 Å². The lowest BCUT2D eigenvalue weighted by atomic mass is 10.2. The highest BCUT2D eigenvalue weighted by Gasteiger charge is 2.25. The van der Waals surface area contributed by atoms with Gasteiger partial charge in [0, 0.05) is 35.9 Å². The van der Waals surface area contributed by atoms with Crippen LogP contribution in [0.25, 0.3) is 16.6 Å². The fourth-order valence-electron chi connectivity index (χ4n) is 5.54. The number of anilines is 1. The highest BCUT2D eigenvalue weighted by Crippen LogP contribution is 2.33. The van der Waals surface area contributed by atoms with E-state index in [4.69, 9.17) is 9.47 Å². The topological polar surface area (TPSA) is 90.6 Å². The van der Waals surface area contributed by atoms with E-state index in [1.165, 1.54) is 31.0 Å². The fraction of sp³-hybridized carbons (Fsp3) is 0.242. The number of pyridine rings is 1. The third kappa shape index (κ3) is 5.74. The molecule has 1 aliphatic heterocycles. The zero-order valence-corrected chi connectivity index (χ0v) is 24.0. The molecular formula is C33H32FN5O4. The Kier molecular flexibility index (Phi) is 7.93. The van der Waals surface area contributed by atoms with Gasteiger partial charge in [0.1, 0.15) is 17.1 Å². The van der Waals surface area contributed by atoms with Crippen molar-refractivity contribution < 1.29 is 18.7 Å². The molecule has 0 saturated carbocycles. The second-order valence-electron chi connectivity index (χ2n) is 10.5. The van der Waals surface area contributed by atoms with E-state index in [1.54, 1.807) is 49.2 Å². The second kappa shape index (κ2) is 12.1. The molecule has 1 amide bonds. The number of ether oxygens (including phenoxy) is 2. The van der Waals surface area contributed by atoms with Crippen LogP contribution in [0, 0.1) is 12.7 Å². The van der Waals surface area contributed by atoms with E-state index in [-0.39, 0.29) is 17.0 Å². The molecule has 9 nitrogen and oxygen atoms in total. The van der Waals surface area contributed by atoms with Crippen LogP contribution in [-0.2, 0) is 6.54 Å². The number of aromatic nitrogens is 3. The SMILES string of the molecule is COc1ccc2c(Oc3ccc(NC(=O)c4c(C)n(CCN5CCCC5)n(-c5ccccc5)c4=O)cc3F)ccnc2c1. The predicted molar refractivity (Wildman–Crippen MR) is 163 cm³/mol. The molecule has 0 bridgehead atoms. The summed E-state index contributed by atoms with van der Waals surface area (Å²) in [6.07, 6.45) is 3.91. The smallest absolute Gasteiger partial charge is 0.284 e. The molecule has 3 heterocycles. The molecule has 220 valence electrons. The third-order valence-electron chi connectivity index (χ3n) is 7.77. The van der Waals surface area contributed by atoms with Crippen molar-refractivity contribution in [2.24, 2.45) is 0 Å². The Morgan fingerprint density at radius 1 is 0.977 bits per heavy atom. The maximum Gasteiger partial charge on any atom is 0.284 e. The summed E-state index contributed by atoms with van der Waals surface area (Å²) in [6, 6.07) is 20.4. The van der Waals surface area contributed by atoms with Crippen molar-refractivity contribution >= 4 is 22.5 Å². The lowest BCUT2D eigenvalue weighted by Gasteiger charge is -2.18. The molecule has 10 heteroatoms. The maximum atomic E-state index is 15.2. The van der Waals surface area contributed by atoms with Gasteiger partial charge >= 0.3 is 0 Å². The number of fused-ring (bicyclic) bond motifs is 1. The number of rotatable bonds is 9. The van der Waals surface area contributed by atoms with E-state index in [0.717, 1.165) is 19.6 Å². The van der Waals surface area contributed by atoms with Crippen LogP contribution in [-0.4, -0.2) is 51.9 Å². The van der Waals surface area contributed by atoms with Crippen molar-refractivity contribution in [3.05, 3.63) is 106 Å². The quantitative estimate of drug-likeness (QED) is 0.237. The van der Waals surface area contributed by atoms with Gasteiger partial charge in [-0.25, -0.2) is 9.07 Å². The van der Waals surface area contributed by atoms with Crippen molar-refractivity contribution in [2.45, 2.75) is 26.3 Å². The molecule has 0 aliphatic carbocycles. The number of likely N-dealkylation sites (tertiary alicyclic amines) is 1. The van der Waals surface area contributed by atoms with Crippen LogP contribution in [0.5, 0.6) is 17.2 Å². The highest BCUT2D eigenvalue weighted by molar-refractivity contribution is 6.05. The highest BCUT2D eigenvalue weighted by atomic mass is 19.1. The fourth-order valence-corrected chi connectivity index (χ4v) is 5.54. The Morgan fingerprint density at radius 3 is 2.51 bits per heavy atom. The van der Waals surface area contributed by atoms with Crippen molar-refractivity contribution in [2.75, 3.05) is 32.1 Å². The zero-order chi connectivity index (χ0) is 29.9. The summed E-state index contributed by atoms with van der Waals surface area (Å²) in [5.74, 6) is -0.212. The molecule has 0 spiro atoms. The summed E-state index contributed by atoms with van der Waals surface area (Å²) in [6.45, 7) is 5.16. The number of benzene rings is 3. The zero-order valence-electron chi connectivity index (χ0n) is 24.0. The van der Waals surface area contributed by atoms with Gasteiger partial charge in [0.15, 0.2) is 11.6 Å². The van der Waals surface area contributed by atoms with Crippen LogP contribution in [0.4, 0.5) is 10.1 Å². The summed E-state index contributed by atoms with van der Waals surface area (Å²) in [5, 5.41) is 3.40. The average Bonchev–Trinajstić information content (AvgIpc) is 3.62. The summed E-state index contributed by atoms with van der Waals surface area (Å²) >= 11 is 0. The first-order valence-corrected chi connectivity index (χ1v) is 14.2. The lowest BCUT2D eigenvalue weighted by molar-refractivity contribution is 0.102. The molecule has 0 radical (unpaired) electrons. The molecule has 6 rings (SSSR count). The largest absolute Gasteiger partial charge is 0.497 e. The summed E-state index contributed by atoms with van der Waals surface area (Å²) in [7, 11) is 1.57. The predicted octanol–water partition coefficient (Wildman–Crippen LogP) is 5.78. The van der Waals surface area contributed by atoms with E-state index >= 15 is 4.39 Å². The van der Waals surface area contributed by atoms with E-state index in [9.17, 15) is 9.59 Å². The van der Waals surface area contributed by atoms with Crippen molar-refractivity contribution in [3.63, 3.8) is 0 Å². The summed E-state index contributed by atoms with van der Waals surface area (Å²) < 4.78 is 29.8. The Hall–Kier alpha value is -4.96. The van der Waals surface area contributed by atoms with Gasteiger partial charge in [-0.2, -0.15) is 0 Å². The second-order valence-corrected chi connectivity index (χ2v) is 10.5. The van der Waals surface area contributed by atoms with Crippen molar-refractivity contribution in [3.8, 4) is 22.9 Å². The Bertz CT molecular complexity index is 1840. The van der Waals surface area contributed by atoms with Gasteiger partial charge in [0.2, 0.25) is 0 Å². The first-order valence-electron chi connectivity index (χ1n) is 14.2. The molecule has 0 atom stereocenters. The van der Waals surface area contributed by atoms with Gasteiger partial charge in [-0.05, 0) is 75.3 Å². The minimum absolute atomic E-state index is 0.0167. The minimum Gasteiger partial charge on any atom is -0.497 e. The maximum absolute atomic E-state index is 15.2. The third-order valence-corrected chi connectivity index (χ3v) is 7.77. The number of nitrogens with zero attached hydrogens (tertiary/aromatic N) is 4. The van der Waals surface area contributed by atoms with Gasteiger partial charge in [0.05, 0.1) is 30.6 Å². The average molecular weight is 582 g/mol. The van der Waals surface area contributed by atoms with Crippen molar-refractivity contribution in [1.29, 1.82) is 0 Å². The number of nitrogens with one attached hydrogen (secondary N) is 1.